The highest BCUT2D eigenvalue weighted by Gasteiger charge is 2.06. The summed E-state index contributed by atoms with van der Waals surface area (Å²) in [5.41, 5.74) is 0. The molecule has 0 aromatic heterocycles. The van der Waals surface area contributed by atoms with Crippen molar-refractivity contribution in [1.29, 1.82) is 0 Å². The molecule has 4 nitrogen and oxygen atoms in total. The molecule has 0 fully saturated rings. The highest BCUT2D eigenvalue weighted by molar-refractivity contribution is 5.75. The third-order valence-corrected chi connectivity index (χ3v) is 1.86. The number of nitrogens with zero attached hydrogens (tertiary/aromatic N) is 1. The Morgan fingerprint density at radius 3 is 2.77 bits per heavy atom. The van der Waals surface area contributed by atoms with Crippen LogP contribution in [-0.4, -0.2) is 51.7 Å². The zero-order valence-corrected chi connectivity index (χ0v) is 8.80. The van der Waals surface area contributed by atoms with E-state index in [1.54, 1.807) is 12.0 Å². The molecule has 0 atom stereocenters. The van der Waals surface area contributed by atoms with Crippen LogP contribution in [-0.2, 0) is 9.53 Å². The summed E-state index contributed by atoms with van der Waals surface area (Å²) in [6.07, 6.45) is 1.47. The highest BCUT2D eigenvalue weighted by Crippen LogP contribution is 1.92. The predicted molar refractivity (Wildman–Crippen MR) is 52.7 cm³/mol. The quantitative estimate of drug-likeness (QED) is 0.576. The number of rotatable bonds is 7. The summed E-state index contributed by atoms with van der Waals surface area (Å²) in [6.45, 7) is 2.23. The van der Waals surface area contributed by atoms with Crippen LogP contribution < -0.4 is 5.32 Å². The Hall–Kier alpha value is -0.610. The molecule has 0 saturated carbocycles. The molecule has 0 radical (unpaired) electrons. The summed E-state index contributed by atoms with van der Waals surface area (Å²) < 4.78 is 4.90. The van der Waals surface area contributed by atoms with Gasteiger partial charge in [0.1, 0.15) is 0 Å². The molecular weight excluding hydrogens is 168 g/mol. The van der Waals surface area contributed by atoms with E-state index in [-0.39, 0.29) is 5.91 Å². The number of carbonyl (C=O) groups excluding carboxylic acids is 1. The summed E-state index contributed by atoms with van der Waals surface area (Å²) in [7, 11) is 5.34. The van der Waals surface area contributed by atoms with Gasteiger partial charge in [0.05, 0.1) is 0 Å². The highest BCUT2D eigenvalue weighted by atomic mass is 16.5. The van der Waals surface area contributed by atoms with E-state index < -0.39 is 0 Å². The van der Waals surface area contributed by atoms with Crippen molar-refractivity contribution in [2.45, 2.75) is 12.8 Å². The summed E-state index contributed by atoms with van der Waals surface area (Å²) in [6, 6.07) is 0. The van der Waals surface area contributed by atoms with Gasteiger partial charge in [-0.25, -0.2) is 0 Å². The van der Waals surface area contributed by atoms with E-state index in [2.05, 4.69) is 5.32 Å². The molecular formula is C9H20N2O2. The van der Waals surface area contributed by atoms with Crippen molar-refractivity contribution >= 4 is 5.91 Å². The fraction of sp³-hybridized carbons (Fsp3) is 0.889. The number of methoxy groups -OCH3 is 1. The fourth-order valence-corrected chi connectivity index (χ4v) is 0.994. The van der Waals surface area contributed by atoms with Crippen molar-refractivity contribution in [1.82, 2.24) is 10.2 Å². The van der Waals surface area contributed by atoms with Crippen molar-refractivity contribution in [3.05, 3.63) is 0 Å². The van der Waals surface area contributed by atoms with Crippen molar-refractivity contribution in [2.75, 3.05) is 40.9 Å². The number of carbonyl (C=O) groups is 1. The lowest BCUT2D eigenvalue weighted by molar-refractivity contribution is -0.129. The predicted octanol–water partition coefficient (Wildman–Crippen LogP) is 0.0908. The van der Waals surface area contributed by atoms with Gasteiger partial charge in [-0.2, -0.15) is 0 Å². The van der Waals surface area contributed by atoms with Crippen molar-refractivity contribution < 1.29 is 9.53 Å². The van der Waals surface area contributed by atoms with Gasteiger partial charge in [0, 0.05) is 40.3 Å². The number of hydrogen-bond donors (Lipinski definition) is 1. The normalized spacial score (nSPS) is 10.1. The van der Waals surface area contributed by atoms with E-state index in [1.807, 2.05) is 14.1 Å². The van der Waals surface area contributed by atoms with Crippen LogP contribution in [0.2, 0.25) is 0 Å². The van der Waals surface area contributed by atoms with Gasteiger partial charge in [-0.1, -0.05) is 0 Å². The molecule has 0 aliphatic heterocycles. The zero-order valence-electron chi connectivity index (χ0n) is 8.80. The Morgan fingerprint density at radius 2 is 2.23 bits per heavy atom. The molecule has 0 heterocycles. The lowest BCUT2D eigenvalue weighted by Gasteiger charge is -2.16. The van der Waals surface area contributed by atoms with E-state index >= 15 is 0 Å². The Kier molecular flexibility index (Phi) is 7.63. The molecule has 0 aliphatic rings. The molecule has 4 heteroatoms. The number of hydrogen-bond acceptors (Lipinski definition) is 3. The monoisotopic (exact) mass is 188 g/mol. The third kappa shape index (κ3) is 6.54. The van der Waals surface area contributed by atoms with Gasteiger partial charge in [-0.15, -0.1) is 0 Å². The first-order valence-corrected chi connectivity index (χ1v) is 4.60. The maximum absolute atomic E-state index is 11.3. The van der Waals surface area contributed by atoms with Crippen LogP contribution >= 0.6 is 0 Å². The molecule has 0 aromatic carbocycles. The Bertz CT molecular complexity index is 140. The van der Waals surface area contributed by atoms with Crippen molar-refractivity contribution in [3.63, 3.8) is 0 Å². The minimum Gasteiger partial charge on any atom is -0.385 e. The number of ether oxygens (including phenoxy) is 1. The van der Waals surface area contributed by atoms with Crippen molar-refractivity contribution in [3.8, 4) is 0 Å². The van der Waals surface area contributed by atoms with E-state index in [0.29, 0.717) is 13.0 Å². The van der Waals surface area contributed by atoms with Gasteiger partial charge in [0.25, 0.3) is 0 Å². The maximum atomic E-state index is 11.3. The lowest BCUT2D eigenvalue weighted by Crippen LogP contribution is -2.30. The maximum Gasteiger partial charge on any atom is 0.223 e. The second kappa shape index (κ2) is 8.01. The van der Waals surface area contributed by atoms with Gasteiger partial charge in [0.15, 0.2) is 0 Å². The van der Waals surface area contributed by atoms with E-state index in [4.69, 9.17) is 4.74 Å². The first kappa shape index (κ1) is 12.4. The van der Waals surface area contributed by atoms with Gasteiger partial charge in [-0.05, 0) is 13.5 Å². The molecule has 0 bridgehead atoms. The standard InChI is InChI=1S/C9H20N2O2/c1-10-6-5-9(12)11(2)7-4-8-13-3/h10H,4-8H2,1-3H3. The summed E-state index contributed by atoms with van der Waals surface area (Å²) in [5.74, 6) is 0.186. The van der Waals surface area contributed by atoms with Crippen LogP contribution in [0.15, 0.2) is 0 Å². The lowest BCUT2D eigenvalue weighted by atomic mass is 10.3. The van der Waals surface area contributed by atoms with Gasteiger partial charge >= 0.3 is 0 Å². The first-order chi connectivity index (χ1) is 6.22. The van der Waals surface area contributed by atoms with Crippen LogP contribution in [0.5, 0.6) is 0 Å². The summed E-state index contributed by atoms with van der Waals surface area (Å²) >= 11 is 0. The smallest absolute Gasteiger partial charge is 0.223 e. The van der Waals surface area contributed by atoms with E-state index in [0.717, 1.165) is 19.5 Å². The Labute approximate surface area is 80.2 Å². The van der Waals surface area contributed by atoms with Crippen LogP contribution in [0.25, 0.3) is 0 Å². The van der Waals surface area contributed by atoms with Crippen molar-refractivity contribution in [2.24, 2.45) is 0 Å². The minimum absolute atomic E-state index is 0.186. The molecule has 0 aliphatic carbocycles. The molecule has 0 aromatic rings. The summed E-state index contributed by atoms with van der Waals surface area (Å²) in [4.78, 5) is 13.1. The first-order valence-electron chi connectivity index (χ1n) is 4.60. The Morgan fingerprint density at radius 1 is 1.54 bits per heavy atom. The molecule has 1 amide bonds. The second-order valence-electron chi connectivity index (χ2n) is 3.02. The molecule has 0 spiro atoms. The second-order valence-corrected chi connectivity index (χ2v) is 3.02. The van der Waals surface area contributed by atoms with Gasteiger partial charge in [0.2, 0.25) is 5.91 Å². The zero-order chi connectivity index (χ0) is 10.1. The average molecular weight is 188 g/mol. The Balaban J connectivity index is 3.45. The minimum atomic E-state index is 0.186. The largest absolute Gasteiger partial charge is 0.385 e. The number of amides is 1. The van der Waals surface area contributed by atoms with Crippen LogP contribution in [0.3, 0.4) is 0 Å². The molecule has 1 N–H and O–H groups in total. The van der Waals surface area contributed by atoms with Gasteiger partial charge in [-0.3, -0.25) is 4.79 Å². The molecule has 0 saturated heterocycles. The van der Waals surface area contributed by atoms with Crippen LogP contribution in [0.1, 0.15) is 12.8 Å². The summed E-state index contributed by atoms with van der Waals surface area (Å²) in [5, 5.41) is 2.95. The molecule has 0 rings (SSSR count). The van der Waals surface area contributed by atoms with Gasteiger partial charge < -0.3 is 15.0 Å². The molecule has 0 unspecified atom stereocenters. The molecule has 13 heavy (non-hydrogen) atoms. The fourth-order valence-electron chi connectivity index (χ4n) is 0.994. The van der Waals surface area contributed by atoms with E-state index in [1.165, 1.54) is 0 Å². The number of nitrogens with one attached hydrogen (secondary N) is 1. The van der Waals surface area contributed by atoms with Crippen LogP contribution in [0.4, 0.5) is 0 Å². The van der Waals surface area contributed by atoms with Crippen LogP contribution in [0, 0.1) is 0 Å². The average Bonchev–Trinajstić information content (AvgIpc) is 2.14. The van der Waals surface area contributed by atoms with E-state index in [9.17, 15) is 4.79 Å². The topological polar surface area (TPSA) is 41.6 Å². The molecule has 78 valence electrons. The third-order valence-electron chi connectivity index (χ3n) is 1.86. The SMILES string of the molecule is CNCCC(=O)N(C)CCCOC.